The first-order valence-electron chi connectivity index (χ1n) is 33.1. The molecule has 0 saturated carbocycles. The number of halogens is 12. The fourth-order valence-electron chi connectivity index (χ4n) is 12.3. The Labute approximate surface area is 732 Å². The molecule has 33 heteroatoms. The van der Waals surface area contributed by atoms with Crippen LogP contribution < -0.4 is 0 Å². The maximum Gasteiger partial charge on any atom is 0.270 e. The third-order valence-electron chi connectivity index (χ3n) is 17.8. The number of nitro groups is 6. The fraction of sp³-hybridized carbons (Fsp3) is 0.0244. The van der Waals surface area contributed by atoms with E-state index in [1.54, 1.807) is 111 Å². The van der Waals surface area contributed by atoms with E-state index in [1.165, 1.54) is 96.3 Å². The van der Waals surface area contributed by atoms with Crippen LogP contribution in [-0.4, -0.2) is 29.5 Å². The molecule has 0 atom stereocenters. The summed E-state index contributed by atoms with van der Waals surface area (Å²) in [6.45, 7) is 3.51. The van der Waals surface area contributed by atoms with Crippen LogP contribution >= 0.6 is 183 Å². The highest BCUT2D eigenvalue weighted by molar-refractivity contribution is 9.11. The topological polar surface area (TPSA) is 259 Å². The molecule has 18 nitrogen and oxygen atoms in total. The van der Waals surface area contributed by atoms with E-state index in [1.807, 2.05) is 72.8 Å². The number of nitrogens with zero attached hydrogens (tertiary/aromatic N) is 6. The number of hydrogen-bond donors (Lipinski definition) is 0. The van der Waals surface area contributed by atoms with Gasteiger partial charge in [0, 0.05) is 155 Å². The molecule has 0 bridgehead atoms. The lowest BCUT2D eigenvalue weighted by molar-refractivity contribution is -0.385. The molecule has 0 amide bonds. The Bertz CT molecular complexity index is 5820. The molecule has 14 aromatic carbocycles. The lowest BCUT2D eigenvalue weighted by Crippen LogP contribution is -1.93. The summed E-state index contributed by atoms with van der Waals surface area (Å²) in [7, 11) is 0. The van der Waals surface area contributed by atoms with Gasteiger partial charge in [0.15, 0.2) is 0 Å². The molecule has 115 heavy (non-hydrogen) atoms. The molecule has 0 unspecified atom stereocenters. The lowest BCUT2D eigenvalue weighted by atomic mass is 10.00. The number of fused-ring (bicyclic) bond motifs is 2. The summed E-state index contributed by atoms with van der Waals surface area (Å²) in [6, 6.07) is 64.3. The van der Waals surface area contributed by atoms with Crippen molar-refractivity contribution in [3.63, 3.8) is 0 Å². The zero-order chi connectivity index (χ0) is 82.7. The fourth-order valence-corrected chi connectivity index (χ4v) is 19.9. The molecule has 0 N–H and O–H groups in total. The van der Waals surface area contributed by atoms with Gasteiger partial charge < -0.3 is 0 Å². The van der Waals surface area contributed by atoms with Gasteiger partial charge in [-0.2, -0.15) is 0 Å². The Morgan fingerprint density at radius 1 is 0.261 bits per heavy atom. The van der Waals surface area contributed by atoms with E-state index in [9.17, 15) is 60.7 Å². The molecule has 0 aliphatic rings. The lowest BCUT2D eigenvalue weighted by Gasteiger charge is -2.18. The molecule has 0 heterocycles. The third kappa shape index (κ3) is 18.5. The monoisotopic (exact) mass is 1910 g/mol. The van der Waals surface area contributed by atoms with E-state index in [2.05, 4.69) is 31.9 Å². The molecule has 0 saturated heterocycles. The van der Waals surface area contributed by atoms with Crippen LogP contribution in [0.4, 0.5) is 34.1 Å². The second-order valence-electron chi connectivity index (χ2n) is 24.8. The van der Waals surface area contributed by atoms with Crippen LogP contribution in [0.5, 0.6) is 0 Å². The molecule has 0 aromatic heterocycles. The van der Waals surface area contributed by atoms with Crippen LogP contribution in [0.2, 0.25) is 50.2 Å². The second kappa shape index (κ2) is 36.6. The summed E-state index contributed by atoms with van der Waals surface area (Å²) in [4.78, 5) is 68.8. The van der Waals surface area contributed by atoms with E-state index in [4.69, 9.17) is 116 Å². The highest BCUT2D eigenvalue weighted by Crippen LogP contribution is 2.54. The Hall–Kier alpha value is -9.09. The quantitative estimate of drug-likeness (QED) is 0.0571. The number of nitro benzene ring substituents is 6. The number of aryl methyl sites for hydroxylation is 2. The van der Waals surface area contributed by atoms with E-state index >= 15 is 0 Å². The minimum absolute atomic E-state index is 0.0268. The van der Waals surface area contributed by atoms with E-state index in [0.717, 1.165) is 42.5 Å². The van der Waals surface area contributed by atoms with Gasteiger partial charge in [-0.1, -0.05) is 224 Å². The molecule has 14 rings (SSSR count). The van der Waals surface area contributed by atoms with Gasteiger partial charge in [-0.05, 0) is 197 Å². The van der Waals surface area contributed by atoms with Gasteiger partial charge in [-0.3, -0.25) is 60.7 Å². The summed E-state index contributed by atoms with van der Waals surface area (Å²) in [5.74, 6) is 0. The van der Waals surface area contributed by atoms with Crippen LogP contribution in [0, 0.1) is 74.5 Å². The molecule has 0 fully saturated rings. The summed E-state index contributed by atoms with van der Waals surface area (Å²) >= 11 is 77.3. The number of non-ortho nitro benzene ring substituents is 6. The average molecular weight is 1920 g/mol. The molecule has 0 aliphatic heterocycles. The maximum atomic E-state index is 11.4. The van der Waals surface area contributed by atoms with Crippen molar-refractivity contribution in [2.45, 2.75) is 43.2 Å². The van der Waals surface area contributed by atoms with Gasteiger partial charge in [0.2, 0.25) is 0 Å². The van der Waals surface area contributed by atoms with Crippen LogP contribution in [0.1, 0.15) is 11.1 Å². The van der Waals surface area contributed by atoms with Gasteiger partial charge in [0.05, 0.1) is 69.7 Å². The summed E-state index contributed by atoms with van der Waals surface area (Å²) in [5.41, 5.74) is 8.52. The first kappa shape index (κ1) is 85.3. The number of hydrogen-bond acceptors (Lipinski definition) is 15. The van der Waals surface area contributed by atoms with Crippen molar-refractivity contribution in [2.75, 3.05) is 0 Å². The van der Waals surface area contributed by atoms with Crippen LogP contribution in [0.15, 0.2) is 269 Å². The Balaban J connectivity index is 0.000000160. The average Bonchev–Trinajstić information content (AvgIpc) is 0.758. The standard InChI is InChI=1S/C32H18Cl2N2O4S.C26H16Cl4N2O4S.C24H10Br2Cl4N2O4S/c33-29-17-21(35(37)38)11-15-25(29)27-13-9-19-5-1-3-7-23(19)31(27)41-32-24-8-4-2-6-20(24)10-14-28(32)26-16-12-22(36(39)40)18-30(26)34;1-13-11-15(31(33)34)3-5-17(13)23-19(27)7-9-21(25(23)29)37-22-10-8-20(28)24(26(22)30)18-6-4-16(32(35)36)12-14(18)2;25-15-9-11(31(33)34)1-3-13(15)21-17(27)5-7-19(23(21)29)37-20-8-6-18(28)22(24(20)30)14-4-2-12(32(35)36)10-16(14)26/h1-18H;3-12H,1-2H3;1-10H. The van der Waals surface area contributed by atoms with Crippen molar-refractivity contribution < 1.29 is 29.5 Å². The minimum atomic E-state index is -0.493. The first-order chi connectivity index (χ1) is 54.8. The van der Waals surface area contributed by atoms with E-state index in [0.29, 0.717) is 135 Å². The highest BCUT2D eigenvalue weighted by Gasteiger charge is 2.27. The van der Waals surface area contributed by atoms with E-state index in [-0.39, 0.29) is 44.2 Å². The normalized spacial score (nSPS) is 11.0. The molecule has 14 aromatic rings. The van der Waals surface area contributed by atoms with Crippen molar-refractivity contribution >= 4 is 239 Å². The molecule has 0 radical (unpaired) electrons. The predicted octanol–water partition coefficient (Wildman–Crippen LogP) is 31.9. The van der Waals surface area contributed by atoms with E-state index < -0.39 is 29.5 Å². The van der Waals surface area contributed by atoms with Crippen LogP contribution in [0.25, 0.3) is 88.3 Å². The SMILES string of the molecule is Cc1cc([N+](=O)[O-])ccc1-c1c(Cl)ccc(Sc2ccc(Cl)c(-c3ccc([N+](=O)[O-])cc3C)c2Cl)c1Cl.O=[N+]([O-])c1ccc(-c2c(Cl)ccc(Sc3ccc(Cl)c(-c4ccc([N+](=O)[O-])cc4Br)c3Cl)c2Cl)c(Br)c1.O=[N+]([O-])c1ccc(-c2ccc3ccccc3c2Sc2c(-c3ccc([N+](=O)[O-])cc3Cl)ccc3ccccc23)c(Cl)c1. The minimum Gasteiger partial charge on any atom is -0.258 e. The van der Waals surface area contributed by atoms with Gasteiger partial charge in [0.25, 0.3) is 34.1 Å². The zero-order valence-electron chi connectivity index (χ0n) is 58.3. The first-order valence-corrected chi connectivity index (χ1v) is 40.9. The zero-order valence-corrected chi connectivity index (χ0v) is 71.5. The second-order valence-corrected chi connectivity index (χ2v) is 33.6. The Kier molecular flexibility index (Phi) is 27.1. The van der Waals surface area contributed by atoms with Gasteiger partial charge in [-0.25, -0.2) is 0 Å². The van der Waals surface area contributed by atoms with Crippen molar-refractivity contribution in [1.82, 2.24) is 0 Å². The Morgan fingerprint density at radius 2 is 0.513 bits per heavy atom. The van der Waals surface area contributed by atoms with Crippen LogP contribution in [0.3, 0.4) is 0 Å². The largest absolute Gasteiger partial charge is 0.270 e. The van der Waals surface area contributed by atoms with Crippen molar-refractivity contribution in [3.05, 3.63) is 362 Å². The number of benzene rings is 14. The Morgan fingerprint density at radius 3 is 0.791 bits per heavy atom. The van der Waals surface area contributed by atoms with Crippen LogP contribution in [-0.2, 0) is 0 Å². The van der Waals surface area contributed by atoms with Crippen molar-refractivity contribution in [2.24, 2.45) is 0 Å². The van der Waals surface area contributed by atoms with Gasteiger partial charge in [0.1, 0.15) is 0 Å². The van der Waals surface area contributed by atoms with Gasteiger partial charge in [-0.15, -0.1) is 0 Å². The van der Waals surface area contributed by atoms with Gasteiger partial charge >= 0.3 is 0 Å². The van der Waals surface area contributed by atoms with Crippen molar-refractivity contribution in [3.8, 4) is 66.8 Å². The maximum absolute atomic E-state index is 11.4. The summed E-state index contributed by atoms with van der Waals surface area (Å²) < 4.78 is 0.921. The molecule has 0 spiro atoms. The molecule has 576 valence electrons. The predicted molar refractivity (Wildman–Crippen MR) is 474 cm³/mol. The summed E-state index contributed by atoms with van der Waals surface area (Å²) in [6.07, 6.45) is 0. The van der Waals surface area contributed by atoms with Crippen molar-refractivity contribution in [1.29, 1.82) is 0 Å². The third-order valence-corrected chi connectivity index (χ3v) is 26.5. The molecular weight excluding hydrogens is 1870 g/mol. The number of rotatable bonds is 18. The highest BCUT2D eigenvalue weighted by atomic mass is 79.9. The molecule has 0 aliphatic carbocycles. The molecular formula is C82H44Br2Cl10N6O12S3. The summed E-state index contributed by atoms with van der Waals surface area (Å²) in [5, 5.41) is 74.7. The smallest absolute Gasteiger partial charge is 0.258 e.